The van der Waals surface area contributed by atoms with Crippen molar-refractivity contribution in [3.05, 3.63) is 83.7 Å². The molecule has 0 radical (unpaired) electrons. The molecule has 3 aromatic rings. The molecule has 0 saturated carbocycles. The lowest BCUT2D eigenvalue weighted by Gasteiger charge is -2.41. The molecule has 434 valence electrons. The number of hydrogen-bond donors (Lipinski definition) is 11. The van der Waals surface area contributed by atoms with Crippen molar-refractivity contribution in [2.45, 2.75) is 136 Å². The van der Waals surface area contributed by atoms with Gasteiger partial charge in [-0.15, -0.1) is 0 Å². The lowest BCUT2D eigenvalue weighted by atomic mass is 9.82. The van der Waals surface area contributed by atoms with Gasteiger partial charge in [-0.05, 0) is 74.8 Å². The second-order valence-electron chi connectivity index (χ2n) is 20.9. The SMILES string of the molecule is CC(C)C(C)(CCC(=O)O)NCC(=O)NCCNC(=O)[C@H](CCN(C(=O)CO)[C@@H](c1cc(-c2cc(F)ccc2F)cn1Cc1ccccc1)C(C)(C)C)NC(=O)[C@H](CC(N)=O)NC(=O)[C@H](C)NC(=O)[C@H](C)NC(=O)CCC(=O)O. The van der Waals surface area contributed by atoms with E-state index in [0.717, 1.165) is 23.8 Å². The molecule has 1 heterocycles. The molecule has 1 unspecified atom stereocenters. The topological polar surface area (TPSA) is 350 Å². The van der Waals surface area contributed by atoms with Crippen LogP contribution in [-0.2, 0) is 54.5 Å². The molecule has 79 heavy (non-hydrogen) atoms. The van der Waals surface area contributed by atoms with Crippen LogP contribution in [0.3, 0.4) is 0 Å². The molecule has 3 rings (SSSR count). The van der Waals surface area contributed by atoms with Crippen molar-refractivity contribution in [2.75, 3.05) is 32.8 Å². The normalized spacial score (nSPS) is 14.0. The molecule has 6 atom stereocenters. The van der Waals surface area contributed by atoms with E-state index >= 15 is 4.39 Å². The number of nitrogens with one attached hydrogen (secondary N) is 7. The van der Waals surface area contributed by atoms with Gasteiger partial charge in [0.2, 0.25) is 47.3 Å². The van der Waals surface area contributed by atoms with E-state index in [2.05, 4.69) is 37.2 Å². The number of primary amides is 1. The Hall–Kier alpha value is -7.80. The predicted octanol–water partition coefficient (Wildman–Crippen LogP) is 1.60. The van der Waals surface area contributed by atoms with Crippen LogP contribution in [-0.4, -0.2) is 146 Å². The van der Waals surface area contributed by atoms with Crippen molar-refractivity contribution in [1.82, 2.24) is 46.7 Å². The van der Waals surface area contributed by atoms with Crippen LogP contribution >= 0.6 is 0 Å². The van der Waals surface area contributed by atoms with Crippen molar-refractivity contribution in [2.24, 2.45) is 17.1 Å². The molecule has 1 aromatic heterocycles. The maximum atomic E-state index is 15.4. The molecule has 0 aliphatic carbocycles. The average Bonchev–Trinajstić information content (AvgIpc) is 3.90. The van der Waals surface area contributed by atoms with Crippen LogP contribution in [0.15, 0.2) is 60.8 Å². The first-order chi connectivity index (χ1) is 37.0. The molecule has 8 amide bonds. The van der Waals surface area contributed by atoms with E-state index in [1.54, 1.807) is 44.5 Å². The molecular weight excluding hydrogens is 1030 g/mol. The number of amides is 8. The van der Waals surface area contributed by atoms with Crippen molar-refractivity contribution in [1.29, 1.82) is 0 Å². The Morgan fingerprint density at radius 3 is 1.91 bits per heavy atom. The van der Waals surface area contributed by atoms with Crippen LogP contribution in [0, 0.1) is 23.0 Å². The Morgan fingerprint density at radius 1 is 0.709 bits per heavy atom. The van der Waals surface area contributed by atoms with Crippen molar-refractivity contribution in [3.63, 3.8) is 0 Å². The van der Waals surface area contributed by atoms with Gasteiger partial charge in [0, 0.05) is 67.6 Å². The molecule has 0 aliphatic heterocycles. The number of benzene rings is 2. The quantitative estimate of drug-likeness (QED) is 0.0396. The Balaban J connectivity index is 2.01. The molecule has 0 bridgehead atoms. The van der Waals surface area contributed by atoms with Crippen LogP contribution in [0.1, 0.15) is 111 Å². The van der Waals surface area contributed by atoms with Crippen LogP contribution in [0.25, 0.3) is 11.1 Å². The molecule has 25 heteroatoms. The fourth-order valence-electron chi connectivity index (χ4n) is 8.42. The minimum atomic E-state index is -1.77. The Morgan fingerprint density at radius 2 is 1.32 bits per heavy atom. The number of aliphatic hydroxyl groups excluding tert-OH is 1. The van der Waals surface area contributed by atoms with Gasteiger partial charge in [0.15, 0.2) is 0 Å². The summed E-state index contributed by atoms with van der Waals surface area (Å²) in [5, 5.41) is 46.5. The van der Waals surface area contributed by atoms with E-state index in [0.29, 0.717) is 5.69 Å². The zero-order valence-corrected chi connectivity index (χ0v) is 45.9. The number of rotatable bonds is 32. The second-order valence-corrected chi connectivity index (χ2v) is 20.9. The van der Waals surface area contributed by atoms with E-state index in [-0.39, 0.29) is 62.6 Å². The first kappa shape index (κ1) is 65.5. The van der Waals surface area contributed by atoms with Gasteiger partial charge < -0.3 is 67.7 Å². The lowest BCUT2D eigenvalue weighted by molar-refractivity contribution is -0.140. The maximum Gasteiger partial charge on any atom is 0.303 e. The van der Waals surface area contributed by atoms with Crippen LogP contribution in [0.2, 0.25) is 0 Å². The summed E-state index contributed by atoms with van der Waals surface area (Å²) in [7, 11) is 0. The maximum absolute atomic E-state index is 15.4. The minimum Gasteiger partial charge on any atom is -0.481 e. The number of carbonyl (C=O) groups excluding carboxylic acids is 8. The van der Waals surface area contributed by atoms with E-state index in [1.165, 1.54) is 18.7 Å². The molecular formula is C54H76F2N10O13. The third kappa shape index (κ3) is 21.2. The first-order valence-electron chi connectivity index (χ1n) is 25.8. The Kier molecular flexibility index (Phi) is 25.2. The molecule has 0 fully saturated rings. The highest BCUT2D eigenvalue weighted by Gasteiger charge is 2.39. The van der Waals surface area contributed by atoms with Crippen molar-refractivity contribution in [3.8, 4) is 11.1 Å². The summed E-state index contributed by atoms with van der Waals surface area (Å²) in [6.45, 7) is 11.7. The summed E-state index contributed by atoms with van der Waals surface area (Å²) >= 11 is 0. The molecule has 0 saturated heterocycles. The monoisotopic (exact) mass is 1110 g/mol. The largest absolute Gasteiger partial charge is 0.481 e. The van der Waals surface area contributed by atoms with E-state index in [9.17, 15) is 62.5 Å². The van der Waals surface area contributed by atoms with Gasteiger partial charge in [-0.1, -0.05) is 65.0 Å². The smallest absolute Gasteiger partial charge is 0.303 e. The number of halogens is 2. The number of aliphatic carboxylic acids is 2. The predicted molar refractivity (Wildman–Crippen MR) is 285 cm³/mol. The van der Waals surface area contributed by atoms with Crippen LogP contribution in [0.4, 0.5) is 8.78 Å². The fraction of sp³-hybridized carbons (Fsp3) is 0.519. The summed E-state index contributed by atoms with van der Waals surface area (Å²) in [6.07, 6.45) is -0.425. The number of carboxylic acid groups (broad SMARTS) is 2. The summed E-state index contributed by atoms with van der Waals surface area (Å²) < 4.78 is 31.8. The molecule has 2 aromatic carbocycles. The van der Waals surface area contributed by atoms with Gasteiger partial charge in [-0.3, -0.25) is 47.9 Å². The molecule has 0 aliphatic rings. The number of hydrogen-bond acceptors (Lipinski definition) is 12. The molecule has 12 N–H and O–H groups in total. The number of carbonyl (C=O) groups is 10. The highest BCUT2D eigenvalue weighted by atomic mass is 19.1. The van der Waals surface area contributed by atoms with E-state index < -0.39 is 144 Å². The second kappa shape index (κ2) is 30.4. The highest BCUT2D eigenvalue weighted by molar-refractivity contribution is 5.97. The van der Waals surface area contributed by atoms with E-state index in [1.807, 2.05) is 44.2 Å². The van der Waals surface area contributed by atoms with Gasteiger partial charge in [-0.2, -0.15) is 0 Å². The van der Waals surface area contributed by atoms with Gasteiger partial charge in [0.05, 0.1) is 25.4 Å². The standard InChI is InChI=1S/C54H76F2N10O13/c1-31(2)54(8,20-18-47(74)75)60-27-44(70)58-21-22-59-51(78)39(63-52(79)40(26-42(57)68)64-50(77)33(4)62-49(76)32(3)61-43(69)16-17-46(72)73)19-23-66(45(71)30-67)48(53(5,6)7)41-24-35(37-25-36(55)14-15-38(37)56)29-65(41)28-34-12-10-9-11-13-34/h9-15,24-25,29,31-33,39-40,48,60,67H,16-23,26-28,30H2,1-8H3,(H2,57,68)(H,58,70)(H,59,78)(H,61,69)(H,62,76)(H,63,79)(H,64,77)(H,72,73)(H,74,75)/t32-,33-,39-,40-,48-,54?/m0/s1. The van der Waals surface area contributed by atoms with Crippen molar-refractivity contribution < 1.29 is 72.0 Å². The third-order valence-electron chi connectivity index (χ3n) is 13.2. The summed E-state index contributed by atoms with van der Waals surface area (Å²) in [6, 6.07) is 6.74. The summed E-state index contributed by atoms with van der Waals surface area (Å²) in [5.74, 6) is -10.7. The minimum absolute atomic E-state index is 0.0517. The molecule has 0 spiro atoms. The zero-order chi connectivity index (χ0) is 59.4. The van der Waals surface area contributed by atoms with Gasteiger partial charge in [-0.25, -0.2) is 8.78 Å². The average molecular weight is 1110 g/mol. The van der Waals surface area contributed by atoms with Gasteiger partial charge >= 0.3 is 11.9 Å². The number of aromatic nitrogens is 1. The van der Waals surface area contributed by atoms with Gasteiger partial charge in [0.1, 0.15) is 42.4 Å². The molecule has 23 nitrogen and oxygen atoms in total. The number of aliphatic hydroxyl groups is 1. The van der Waals surface area contributed by atoms with E-state index in [4.69, 9.17) is 10.8 Å². The Bertz CT molecular complexity index is 2640. The van der Waals surface area contributed by atoms with Crippen molar-refractivity contribution >= 4 is 59.2 Å². The number of nitrogens with two attached hydrogens (primary N) is 1. The lowest BCUT2D eigenvalue weighted by Crippen LogP contribution is -2.58. The van der Waals surface area contributed by atoms with Crippen LogP contribution < -0.4 is 43.0 Å². The van der Waals surface area contributed by atoms with Gasteiger partial charge in [0.25, 0.3) is 0 Å². The fourth-order valence-corrected chi connectivity index (χ4v) is 8.42. The Labute approximate surface area is 457 Å². The number of carboxylic acids is 2. The highest BCUT2D eigenvalue weighted by Crippen LogP contribution is 2.41. The summed E-state index contributed by atoms with van der Waals surface area (Å²) in [4.78, 5) is 130. The zero-order valence-electron chi connectivity index (χ0n) is 45.9. The number of nitrogens with zero attached hydrogens (tertiary/aromatic N) is 2. The first-order valence-corrected chi connectivity index (χ1v) is 25.8. The third-order valence-corrected chi connectivity index (χ3v) is 13.2. The summed E-state index contributed by atoms with van der Waals surface area (Å²) in [5.41, 5.74) is 5.30. The van der Waals surface area contributed by atoms with Crippen LogP contribution in [0.5, 0.6) is 0 Å².